The van der Waals surface area contributed by atoms with Crippen molar-refractivity contribution in [1.29, 1.82) is 0 Å². The van der Waals surface area contributed by atoms with Gasteiger partial charge < -0.3 is 20.1 Å². The SMILES string of the molecule is COCCSCC(=O)[C@H](Cc1ccccc1)NC(=O)[C@H](CC(C)C)NC(=O)OCc1ccccc1. The molecule has 0 saturated heterocycles. The Kier molecular flexibility index (Phi) is 12.9. The van der Waals surface area contributed by atoms with Gasteiger partial charge in [0.25, 0.3) is 0 Å². The highest BCUT2D eigenvalue weighted by Crippen LogP contribution is 2.11. The van der Waals surface area contributed by atoms with Gasteiger partial charge in [-0.05, 0) is 29.9 Å². The van der Waals surface area contributed by atoms with Gasteiger partial charge in [0.1, 0.15) is 12.6 Å². The summed E-state index contributed by atoms with van der Waals surface area (Å²) in [4.78, 5) is 38.6. The van der Waals surface area contributed by atoms with Gasteiger partial charge in [-0.3, -0.25) is 9.59 Å². The summed E-state index contributed by atoms with van der Waals surface area (Å²) in [7, 11) is 1.62. The Hall–Kier alpha value is -2.84. The Balaban J connectivity index is 2.04. The molecule has 0 spiro atoms. The number of alkyl carbamates (subject to hydrolysis) is 1. The Morgan fingerprint density at radius 2 is 1.51 bits per heavy atom. The van der Waals surface area contributed by atoms with Crippen molar-refractivity contribution in [3.8, 4) is 0 Å². The van der Waals surface area contributed by atoms with Crippen LogP contribution in [0.1, 0.15) is 31.4 Å². The lowest BCUT2D eigenvalue weighted by Gasteiger charge is -2.24. The number of ketones is 1. The van der Waals surface area contributed by atoms with E-state index in [1.54, 1.807) is 7.11 Å². The molecule has 0 radical (unpaired) electrons. The van der Waals surface area contributed by atoms with Crippen LogP contribution in [0.15, 0.2) is 60.7 Å². The van der Waals surface area contributed by atoms with Crippen LogP contribution >= 0.6 is 11.8 Å². The van der Waals surface area contributed by atoms with Crippen molar-refractivity contribution in [1.82, 2.24) is 10.6 Å². The number of rotatable bonds is 15. The number of thioether (sulfide) groups is 1. The van der Waals surface area contributed by atoms with Crippen LogP contribution in [0.4, 0.5) is 4.79 Å². The first kappa shape index (κ1) is 28.4. The first-order valence-corrected chi connectivity index (χ1v) is 13.0. The van der Waals surface area contributed by atoms with Gasteiger partial charge in [0, 0.05) is 12.9 Å². The number of amides is 2. The predicted octanol–water partition coefficient (Wildman–Crippen LogP) is 4.00. The molecule has 190 valence electrons. The van der Waals surface area contributed by atoms with Gasteiger partial charge in [-0.25, -0.2) is 4.79 Å². The summed E-state index contributed by atoms with van der Waals surface area (Å²) >= 11 is 1.47. The third-order valence-corrected chi connectivity index (χ3v) is 6.14. The van der Waals surface area contributed by atoms with Crippen molar-refractivity contribution < 1.29 is 23.9 Å². The third kappa shape index (κ3) is 11.4. The van der Waals surface area contributed by atoms with Crippen LogP contribution in [-0.4, -0.2) is 55.1 Å². The Morgan fingerprint density at radius 1 is 0.886 bits per heavy atom. The van der Waals surface area contributed by atoms with E-state index in [0.717, 1.165) is 11.1 Å². The normalized spacial score (nSPS) is 12.6. The minimum Gasteiger partial charge on any atom is -0.445 e. The van der Waals surface area contributed by atoms with Crippen LogP contribution in [0.3, 0.4) is 0 Å². The molecule has 2 aromatic carbocycles. The second-order valence-corrected chi connectivity index (χ2v) is 9.76. The number of carbonyl (C=O) groups excluding carboxylic acids is 3. The molecule has 2 atom stereocenters. The quantitative estimate of drug-likeness (QED) is 0.359. The Bertz CT molecular complexity index is 908. The Labute approximate surface area is 212 Å². The molecule has 7 nitrogen and oxygen atoms in total. The second-order valence-electron chi connectivity index (χ2n) is 8.65. The number of Topliss-reactive ketones (excluding diaryl/α,β-unsaturated/α-hetero) is 1. The largest absolute Gasteiger partial charge is 0.445 e. The molecular weight excluding hydrogens is 464 g/mol. The standard InChI is InChI=1S/C27H36N2O5S/c1-20(2)16-24(29-27(32)34-18-22-12-8-5-9-13-22)26(31)28-23(17-21-10-6-4-7-11-21)25(30)19-35-15-14-33-3/h4-13,20,23-24H,14-19H2,1-3H3,(H,28,31)(H,29,32)/t23-,24-/m0/s1. The lowest BCUT2D eigenvalue weighted by atomic mass is 10.00. The van der Waals surface area contributed by atoms with Gasteiger partial charge in [-0.15, -0.1) is 0 Å². The minimum atomic E-state index is -0.814. The number of benzene rings is 2. The second kappa shape index (κ2) is 15.9. The van der Waals surface area contributed by atoms with E-state index in [4.69, 9.17) is 9.47 Å². The first-order chi connectivity index (χ1) is 16.9. The number of hydrogen-bond donors (Lipinski definition) is 2. The predicted molar refractivity (Wildman–Crippen MR) is 139 cm³/mol. The van der Waals surface area contributed by atoms with E-state index in [9.17, 15) is 14.4 Å². The van der Waals surface area contributed by atoms with Crippen LogP contribution in [0.2, 0.25) is 0 Å². The molecule has 2 N–H and O–H groups in total. The molecule has 0 aliphatic rings. The van der Waals surface area contributed by atoms with E-state index in [1.165, 1.54) is 11.8 Å². The highest BCUT2D eigenvalue weighted by molar-refractivity contribution is 7.99. The van der Waals surface area contributed by atoms with E-state index in [0.29, 0.717) is 25.2 Å². The summed E-state index contributed by atoms with van der Waals surface area (Å²) < 4.78 is 10.3. The Morgan fingerprint density at radius 3 is 2.11 bits per heavy atom. The van der Waals surface area contributed by atoms with Crippen molar-refractivity contribution >= 4 is 29.5 Å². The summed E-state index contributed by atoms with van der Waals surface area (Å²) in [5, 5.41) is 5.57. The average molecular weight is 501 g/mol. The van der Waals surface area contributed by atoms with Crippen molar-refractivity contribution in [3.63, 3.8) is 0 Å². The number of nitrogens with one attached hydrogen (secondary N) is 2. The van der Waals surface area contributed by atoms with Gasteiger partial charge in [-0.2, -0.15) is 11.8 Å². The fraction of sp³-hybridized carbons (Fsp3) is 0.444. The van der Waals surface area contributed by atoms with Crippen LogP contribution < -0.4 is 10.6 Å². The van der Waals surface area contributed by atoms with E-state index in [1.807, 2.05) is 74.5 Å². The zero-order chi connectivity index (χ0) is 25.5. The maximum absolute atomic E-state index is 13.2. The number of hydrogen-bond acceptors (Lipinski definition) is 6. The molecule has 0 aliphatic heterocycles. The van der Waals surface area contributed by atoms with E-state index in [-0.39, 0.29) is 24.1 Å². The molecule has 0 fully saturated rings. The lowest BCUT2D eigenvalue weighted by Crippen LogP contribution is -2.53. The molecule has 2 amide bonds. The molecule has 0 saturated carbocycles. The summed E-state index contributed by atoms with van der Waals surface area (Å²) in [6.45, 7) is 4.60. The van der Waals surface area contributed by atoms with E-state index in [2.05, 4.69) is 10.6 Å². The van der Waals surface area contributed by atoms with Gasteiger partial charge in [-0.1, -0.05) is 74.5 Å². The molecule has 2 rings (SSSR count). The highest BCUT2D eigenvalue weighted by Gasteiger charge is 2.28. The van der Waals surface area contributed by atoms with Gasteiger partial charge >= 0.3 is 6.09 Å². The van der Waals surface area contributed by atoms with Crippen LogP contribution in [-0.2, 0) is 32.1 Å². The molecule has 0 unspecified atom stereocenters. The monoisotopic (exact) mass is 500 g/mol. The summed E-state index contributed by atoms with van der Waals surface area (Å²) in [6.07, 6.45) is 0.125. The average Bonchev–Trinajstić information content (AvgIpc) is 2.85. The topological polar surface area (TPSA) is 93.7 Å². The molecule has 2 aromatic rings. The molecule has 0 heterocycles. The maximum atomic E-state index is 13.2. The van der Waals surface area contributed by atoms with Crippen molar-refractivity contribution in [3.05, 3.63) is 71.8 Å². The van der Waals surface area contributed by atoms with Gasteiger partial charge in [0.05, 0.1) is 18.4 Å². The fourth-order valence-electron chi connectivity index (χ4n) is 3.39. The van der Waals surface area contributed by atoms with Crippen molar-refractivity contribution in [2.75, 3.05) is 25.2 Å². The molecular formula is C27H36N2O5S. The molecule has 0 aliphatic carbocycles. The van der Waals surface area contributed by atoms with E-state index < -0.39 is 24.1 Å². The number of methoxy groups -OCH3 is 1. The molecule has 0 aromatic heterocycles. The van der Waals surface area contributed by atoms with Crippen LogP contribution in [0.25, 0.3) is 0 Å². The first-order valence-electron chi connectivity index (χ1n) is 11.8. The van der Waals surface area contributed by atoms with Crippen molar-refractivity contribution in [2.45, 2.75) is 45.4 Å². The molecule has 35 heavy (non-hydrogen) atoms. The smallest absolute Gasteiger partial charge is 0.408 e. The zero-order valence-electron chi connectivity index (χ0n) is 20.7. The van der Waals surface area contributed by atoms with Gasteiger partial charge in [0.2, 0.25) is 5.91 Å². The summed E-state index contributed by atoms with van der Waals surface area (Å²) in [6, 6.07) is 17.4. The number of carbonyl (C=O) groups is 3. The van der Waals surface area contributed by atoms with Crippen LogP contribution in [0.5, 0.6) is 0 Å². The third-order valence-electron chi connectivity index (χ3n) is 5.19. The van der Waals surface area contributed by atoms with E-state index >= 15 is 0 Å². The maximum Gasteiger partial charge on any atom is 0.408 e. The highest BCUT2D eigenvalue weighted by atomic mass is 32.2. The van der Waals surface area contributed by atoms with Crippen LogP contribution in [0, 0.1) is 5.92 Å². The fourth-order valence-corrected chi connectivity index (χ4v) is 4.22. The molecule has 0 bridgehead atoms. The van der Waals surface area contributed by atoms with Gasteiger partial charge in [0.15, 0.2) is 5.78 Å². The zero-order valence-corrected chi connectivity index (χ0v) is 21.5. The lowest BCUT2D eigenvalue weighted by molar-refractivity contribution is -0.128. The van der Waals surface area contributed by atoms with Crippen molar-refractivity contribution in [2.24, 2.45) is 5.92 Å². The number of ether oxygens (including phenoxy) is 2. The minimum absolute atomic E-state index is 0.0711. The summed E-state index contributed by atoms with van der Waals surface area (Å²) in [5.74, 6) is 0.638. The summed E-state index contributed by atoms with van der Waals surface area (Å²) in [5.41, 5.74) is 1.80. The molecule has 8 heteroatoms.